The van der Waals surface area contributed by atoms with Gasteiger partial charge in [0.1, 0.15) is 5.02 Å². The summed E-state index contributed by atoms with van der Waals surface area (Å²) >= 11 is 13.0. The molecule has 3 aromatic rings. The van der Waals surface area contributed by atoms with Crippen molar-refractivity contribution in [1.29, 1.82) is 0 Å². The summed E-state index contributed by atoms with van der Waals surface area (Å²) in [5.74, 6) is 0.323. The highest BCUT2D eigenvalue weighted by Crippen LogP contribution is 2.35. The molecule has 3 heterocycles. The maximum absolute atomic E-state index is 13.2. The van der Waals surface area contributed by atoms with Crippen molar-refractivity contribution < 1.29 is 17.9 Å². The van der Waals surface area contributed by atoms with Crippen LogP contribution in [-0.4, -0.2) is 22.3 Å². The fourth-order valence-electron chi connectivity index (χ4n) is 4.32. The number of ether oxygens (including phenoxy) is 1. The second-order valence-electron chi connectivity index (χ2n) is 8.38. The first-order valence-electron chi connectivity index (χ1n) is 10.4. The average Bonchev–Trinajstić information content (AvgIpc) is 3.06. The summed E-state index contributed by atoms with van der Waals surface area (Å²) in [4.78, 5) is 12.9. The second kappa shape index (κ2) is 8.76. The lowest BCUT2D eigenvalue weighted by Gasteiger charge is -2.23. The van der Waals surface area contributed by atoms with Crippen molar-refractivity contribution in [2.45, 2.75) is 38.9 Å². The molecule has 0 aliphatic carbocycles. The van der Waals surface area contributed by atoms with Gasteiger partial charge in [-0.15, -0.1) is 0 Å². The first-order valence-corrected chi connectivity index (χ1v) is 11.1. The van der Waals surface area contributed by atoms with Gasteiger partial charge in [0.15, 0.2) is 0 Å². The number of nitrogens with zero attached hydrogens (tertiary/aromatic N) is 2. The molecule has 32 heavy (non-hydrogen) atoms. The van der Waals surface area contributed by atoms with E-state index in [1.165, 1.54) is 0 Å². The topological polar surface area (TPSA) is 36.2 Å². The minimum Gasteiger partial charge on any atom is -0.381 e. The van der Waals surface area contributed by atoms with Gasteiger partial charge in [0.2, 0.25) is 0 Å². The molecule has 2 aromatic heterocycles. The molecule has 0 bridgehead atoms. The minimum absolute atomic E-state index is 0.0440. The van der Waals surface area contributed by atoms with E-state index >= 15 is 0 Å². The van der Waals surface area contributed by atoms with Gasteiger partial charge in [0, 0.05) is 61.6 Å². The van der Waals surface area contributed by atoms with Crippen molar-refractivity contribution in [3.63, 3.8) is 0 Å². The highest BCUT2D eigenvalue weighted by molar-refractivity contribution is 6.35. The molecular formula is C23H23Cl2F3N2O2. The van der Waals surface area contributed by atoms with E-state index in [9.17, 15) is 18.0 Å². The van der Waals surface area contributed by atoms with Crippen LogP contribution in [0.25, 0.3) is 10.9 Å². The lowest BCUT2D eigenvalue weighted by atomic mass is 10.0. The highest BCUT2D eigenvalue weighted by Gasteiger charge is 2.31. The van der Waals surface area contributed by atoms with Crippen LogP contribution in [0.4, 0.5) is 13.2 Å². The lowest BCUT2D eigenvalue weighted by molar-refractivity contribution is -0.137. The third kappa shape index (κ3) is 4.43. The number of alkyl halides is 3. The Bertz CT molecular complexity index is 1220. The molecule has 4 nitrogen and oxygen atoms in total. The zero-order valence-corrected chi connectivity index (χ0v) is 19.2. The van der Waals surface area contributed by atoms with Crippen LogP contribution in [0.15, 0.2) is 29.2 Å². The first kappa shape index (κ1) is 23.2. The van der Waals surface area contributed by atoms with Gasteiger partial charge in [-0.25, -0.2) is 0 Å². The predicted molar refractivity (Wildman–Crippen MR) is 120 cm³/mol. The van der Waals surface area contributed by atoms with Crippen LogP contribution >= 0.6 is 23.2 Å². The molecule has 1 aliphatic rings. The van der Waals surface area contributed by atoms with Crippen molar-refractivity contribution in [2.24, 2.45) is 13.0 Å². The summed E-state index contributed by atoms with van der Waals surface area (Å²) in [6, 6.07) is 4.11. The average molecular weight is 487 g/mol. The van der Waals surface area contributed by atoms with E-state index in [4.69, 9.17) is 27.9 Å². The number of rotatable bonds is 4. The third-order valence-corrected chi connectivity index (χ3v) is 6.94. The van der Waals surface area contributed by atoms with Crippen molar-refractivity contribution in [3.05, 3.63) is 67.2 Å². The number of halogens is 5. The molecule has 1 fully saturated rings. The van der Waals surface area contributed by atoms with Crippen molar-refractivity contribution in [3.8, 4) is 0 Å². The Hall–Kier alpha value is -1.96. The number of pyridine rings is 1. The van der Waals surface area contributed by atoms with E-state index < -0.39 is 11.7 Å². The summed E-state index contributed by atoms with van der Waals surface area (Å²) in [7, 11) is 1.70. The van der Waals surface area contributed by atoms with E-state index in [-0.39, 0.29) is 17.0 Å². The third-order valence-electron chi connectivity index (χ3n) is 6.22. The van der Waals surface area contributed by atoms with Gasteiger partial charge in [-0.1, -0.05) is 23.2 Å². The summed E-state index contributed by atoms with van der Waals surface area (Å²) in [5.41, 5.74) is 1.18. The number of fused-ring (bicyclic) bond motifs is 1. The Morgan fingerprint density at radius 3 is 2.50 bits per heavy atom. The van der Waals surface area contributed by atoms with Crippen LogP contribution in [0.5, 0.6) is 0 Å². The van der Waals surface area contributed by atoms with Crippen LogP contribution in [0, 0.1) is 12.8 Å². The van der Waals surface area contributed by atoms with Crippen molar-refractivity contribution >= 4 is 34.1 Å². The van der Waals surface area contributed by atoms with E-state index in [0.717, 1.165) is 30.4 Å². The first-order chi connectivity index (χ1) is 15.1. The minimum atomic E-state index is -4.43. The van der Waals surface area contributed by atoms with Gasteiger partial charge in [0.25, 0.3) is 5.56 Å². The standard InChI is InChI=1S/C23H23Cl2F3N2O2/c1-13-7-15(23(26,27)28)8-20-17(13)9-16(29(20)2)10-18-19(24)12-30(22(31)21(18)25)11-14-3-5-32-6-4-14/h7-9,12,14H,3-6,10-11H2,1-2H3. The quantitative estimate of drug-likeness (QED) is 0.453. The smallest absolute Gasteiger partial charge is 0.381 e. The Labute approximate surface area is 193 Å². The van der Waals surface area contributed by atoms with Gasteiger partial charge in [-0.05, 0) is 49.4 Å². The number of aromatic nitrogens is 2. The predicted octanol–water partition coefficient (Wildman–Crippen LogP) is 5.99. The van der Waals surface area contributed by atoms with Crippen LogP contribution in [-0.2, 0) is 30.9 Å². The van der Waals surface area contributed by atoms with E-state index in [1.54, 1.807) is 29.3 Å². The van der Waals surface area contributed by atoms with Gasteiger partial charge >= 0.3 is 6.18 Å². The molecule has 0 saturated carbocycles. The molecule has 1 saturated heterocycles. The fourth-order valence-corrected chi connectivity index (χ4v) is 4.92. The molecule has 0 unspecified atom stereocenters. The monoisotopic (exact) mass is 486 g/mol. The van der Waals surface area contributed by atoms with Crippen LogP contribution in [0.2, 0.25) is 10.0 Å². The normalized spacial score (nSPS) is 15.6. The van der Waals surface area contributed by atoms with E-state index in [0.29, 0.717) is 53.0 Å². The molecule has 0 N–H and O–H groups in total. The van der Waals surface area contributed by atoms with Crippen LogP contribution in [0.1, 0.15) is 35.2 Å². The lowest BCUT2D eigenvalue weighted by Crippen LogP contribution is -2.28. The molecule has 0 spiro atoms. The molecule has 1 aromatic carbocycles. The number of hydrogen-bond acceptors (Lipinski definition) is 2. The van der Waals surface area contributed by atoms with E-state index in [2.05, 4.69) is 0 Å². The number of benzene rings is 1. The molecule has 0 atom stereocenters. The zero-order chi connectivity index (χ0) is 23.2. The molecule has 172 valence electrons. The molecule has 9 heteroatoms. The molecule has 0 amide bonds. The fraction of sp³-hybridized carbons (Fsp3) is 0.435. The Morgan fingerprint density at radius 2 is 1.84 bits per heavy atom. The van der Waals surface area contributed by atoms with Gasteiger partial charge in [-0.3, -0.25) is 4.79 Å². The van der Waals surface area contributed by atoms with Gasteiger partial charge in [-0.2, -0.15) is 13.2 Å². The summed E-state index contributed by atoms with van der Waals surface area (Å²) in [6.07, 6.45) is -0.838. The van der Waals surface area contributed by atoms with Crippen molar-refractivity contribution in [1.82, 2.24) is 9.13 Å². The Morgan fingerprint density at radius 1 is 1.16 bits per heavy atom. The Balaban J connectivity index is 1.69. The van der Waals surface area contributed by atoms with Crippen molar-refractivity contribution in [2.75, 3.05) is 13.2 Å². The zero-order valence-electron chi connectivity index (χ0n) is 17.7. The molecular weight excluding hydrogens is 464 g/mol. The highest BCUT2D eigenvalue weighted by atomic mass is 35.5. The van der Waals surface area contributed by atoms with Gasteiger partial charge < -0.3 is 13.9 Å². The van der Waals surface area contributed by atoms with E-state index in [1.807, 2.05) is 6.07 Å². The van der Waals surface area contributed by atoms with Gasteiger partial charge in [0.05, 0.1) is 10.6 Å². The number of hydrogen-bond donors (Lipinski definition) is 0. The maximum Gasteiger partial charge on any atom is 0.416 e. The second-order valence-corrected chi connectivity index (χ2v) is 9.16. The maximum atomic E-state index is 13.2. The molecule has 0 radical (unpaired) electrons. The Kier molecular flexibility index (Phi) is 6.36. The largest absolute Gasteiger partial charge is 0.416 e. The summed E-state index contributed by atoms with van der Waals surface area (Å²) in [6.45, 7) is 3.53. The summed E-state index contributed by atoms with van der Waals surface area (Å²) < 4.78 is 48.4. The molecule has 4 rings (SSSR count). The molecule has 1 aliphatic heterocycles. The van der Waals surface area contributed by atoms with Crippen LogP contribution in [0.3, 0.4) is 0 Å². The summed E-state index contributed by atoms with van der Waals surface area (Å²) in [5, 5.41) is 1.12. The SMILES string of the molecule is Cc1cc(C(F)(F)F)cc2c1cc(Cc1c(Cl)cn(CC3CCOCC3)c(=O)c1Cl)n2C. The van der Waals surface area contributed by atoms with Crippen LogP contribution < -0.4 is 5.56 Å². The number of aryl methyl sites for hydroxylation is 2.